The molecule has 0 radical (unpaired) electrons. The van der Waals surface area contributed by atoms with Crippen LogP contribution in [0.5, 0.6) is 5.75 Å². The summed E-state index contributed by atoms with van der Waals surface area (Å²) in [6, 6.07) is 5.90. The summed E-state index contributed by atoms with van der Waals surface area (Å²) in [5.74, 6) is 6.73. The van der Waals surface area contributed by atoms with E-state index in [2.05, 4.69) is 23.9 Å². The average Bonchev–Trinajstić information content (AvgIpc) is 2.92. The van der Waals surface area contributed by atoms with Crippen LogP contribution < -0.4 is 10.5 Å². The highest BCUT2D eigenvalue weighted by Gasteiger charge is 2.02. The van der Waals surface area contributed by atoms with Crippen molar-refractivity contribution in [1.82, 2.24) is 9.78 Å². The number of aryl methyl sites for hydroxylation is 2. The van der Waals surface area contributed by atoms with Crippen molar-refractivity contribution >= 4 is 0 Å². The number of nitrogens with two attached hydrogens (primary N) is 1. The van der Waals surface area contributed by atoms with Gasteiger partial charge in [0.1, 0.15) is 12.4 Å². The molecule has 0 atom stereocenters. The number of nitrogens with zero attached hydrogens (tertiary/aromatic N) is 2. The molecule has 0 aliphatic carbocycles. The van der Waals surface area contributed by atoms with Crippen LogP contribution in [0, 0.1) is 18.8 Å². The molecule has 2 aromatic rings. The normalized spacial score (nSPS) is 9.95. The van der Waals surface area contributed by atoms with E-state index >= 15 is 0 Å². The summed E-state index contributed by atoms with van der Waals surface area (Å²) in [7, 11) is 0. The highest BCUT2D eigenvalue weighted by Crippen LogP contribution is 2.20. The summed E-state index contributed by atoms with van der Waals surface area (Å²) < 4.78 is 7.70. The molecule has 0 fully saturated rings. The lowest BCUT2D eigenvalue weighted by Gasteiger charge is -2.08. The molecule has 20 heavy (non-hydrogen) atoms. The number of rotatable bonds is 4. The van der Waals surface area contributed by atoms with Crippen molar-refractivity contribution in [3.63, 3.8) is 0 Å². The van der Waals surface area contributed by atoms with Crippen LogP contribution in [0.4, 0.5) is 0 Å². The van der Waals surface area contributed by atoms with Gasteiger partial charge >= 0.3 is 0 Å². The van der Waals surface area contributed by atoms with E-state index in [1.165, 1.54) is 0 Å². The Morgan fingerprint density at radius 2 is 2.25 bits per heavy atom. The fourth-order valence-electron chi connectivity index (χ4n) is 1.86. The van der Waals surface area contributed by atoms with Gasteiger partial charge in [-0.2, -0.15) is 5.10 Å². The quantitative estimate of drug-likeness (QED) is 0.865. The van der Waals surface area contributed by atoms with Gasteiger partial charge in [-0.1, -0.05) is 11.8 Å². The first-order valence-electron chi connectivity index (χ1n) is 6.66. The van der Waals surface area contributed by atoms with E-state index in [0.717, 1.165) is 29.0 Å². The van der Waals surface area contributed by atoms with Crippen molar-refractivity contribution in [3.05, 3.63) is 47.3 Å². The van der Waals surface area contributed by atoms with Crippen LogP contribution in [-0.4, -0.2) is 16.3 Å². The molecule has 0 aliphatic heterocycles. The third-order valence-electron chi connectivity index (χ3n) is 2.91. The van der Waals surface area contributed by atoms with Crippen molar-refractivity contribution in [2.45, 2.75) is 27.0 Å². The third-order valence-corrected chi connectivity index (χ3v) is 2.91. The molecule has 1 aromatic carbocycles. The van der Waals surface area contributed by atoms with Crippen molar-refractivity contribution in [2.75, 3.05) is 6.54 Å². The smallest absolute Gasteiger partial charge is 0.122 e. The fraction of sp³-hybridized carbons (Fsp3) is 0.312. The highest BCUT2D eigenvalue weighted by atomic mass is 16.5. The van der Waals surface area contributed by atoms with Gasteiger partial charge in [-0.15, -0.1) is 0 Å². The lowest BCUT2D eigenvalue weighted by atomic mass is 10.1. The third kappa shape index (κ3) is 3.62. The van der Waals surface area contributed by atoms with Crippen molar-refractivity contribution < 1.29 is 4.74 Å². The van der Waals surface area contributed by atoms with E-state index in [-0.39, 0.29) is 0 Å². The molecule has 104 valence electrons. The summed E-state index contributed by atoms with van der Waals surface area (Å²) in [6.07, 6.45) is 3.83. The zero-order valence-corrected chi connectivity index (χ0v) is 11.9. The van der Waals surface area contributed by atoms with Gasteiger partial charge in [-0.25, -0.2) is 0 Å². The molecule has 0 bridgehead atoms. The van der Waals surface area contributed by atoms with E-state index in [1.54, 1.807) is 0 Å². The second-order valence-corrected chi connectivity index (χ2v) is 4.48. The first kappa shape index (κ1) is 14.2. The first-order valence-corrected chi connectivity index (χ1v) is 6.66. The first-order chi connectivity index (χ1) is 9.72. The Morgan fingerprint density at radius 1 is 1.40 bits per heavy atom. The molecule has 2 rings (SSSR count). The summed E-state index contributed by atoms with van der Waals surface area (Å²) in [5.41, 5.74) is 8.46. The van der Waals surface area contributed by atoms with Gasteiger partial charge in [0.25, 0.3) is 0 Å². The van der Waals surface area contributed by atoms with Crippen LogP contribution in [0.25, 0.3) is 0 Å². The molecular formula is C16H19N3O. The lowest BCUT2D eigenvalue weighted by Crippen LogP contribution is -1.97. The van der Waals surface area contributed by atoms with E-state index < -0.39 is 0 Å². The minimum Gasteiger partial charge on any atom is -0.489 e. The van der Waals surface area contributed by atoms with Gasteiger partial charge in [-0.05, 0) is 37.6 Å². The Kier molecular flexibility index (Phi) is 4.80. The van der Waals surface area contributed by atoms with Crippen LogP contribution in [0.2, 0.25) is 0 Å². The highest BCUT2D eigenvalue weighted by molar-refractivity contribution is 5.43. The predicted octanol–water partition coefficient (Wildman–Crippen LogP) is 2.10. The molecule has 1 heterocycles. The monoisotopic (exact) mass is 269 g/mol. The summed E-state index contributed by atoms with van der Waals surface area (Å²) >= 11 is 0. The second-order valence-electron chi connectivity index (χ2n) is 4.48. The fourth-order valence-corrected chi connectivity index (χ4v) is 1.86. The van der Waals surface area contributed by atoms with E-state index in [4.69, 9.17) is 10.5 Å². The molecule has 0 amide bonds. The summed E-state index contributed by atoms with van der Waals surface area (Å²) in [5, 5.41) is 4.22. The zero-order valence-electron chi connectivity index (χ0n) is 11.9. The molecule has 0 aliphatic rings. The Morgan fingerprint density at radius 3 is 2.90 bits per heavy atom. The van der Waals surface area contributed by atoms with Gasteiger partial charge in [0.05, 0.1) is 12.7 Å². The molecule has 0 unspecified atom stereocenters. The Hall–Kier alpha value is -2.25. The summed E-state index contributed by atoms with van der Waals surface area (Å²) in [6.45, 7) is 5.84. The minimum atomic E-state index is 0.374. The second kappa shape index (κ2) is 6.78. The van der Waals surface area contributed by atoms with Gasteiger partial charge in [0, 0.05) is 23.9 Å². The zero-order chi connectivity index (χ0) is 14.4. The largest absolute Gasteiger partial charge is 0.489 e. The standard InChI is InChI=1S/C16H19N3O/c1-3-19-11-15(10-18-19)12-20-16-7-6-14(5-4-8-17)9-13(16)2/h6-7,9-11H,3,8,12,17H2,1-2H3. The van der Waals surface area contributed by atoms with Gasteiger partial charge < -0.3 is 10.5 Å². The topological polar surface area (TPSA) is 53.1 Å². The van der Waals surface area contributed by atoms with Gasteiger partial charge in [0.2, 0.25) is 0 Å². The predicted molar refractivity (Wildman–Crippen MR) is 79.3 cm³/mol. The SMILES string of the molecule is CCn1cc(COc2ccc(C#CCN)cc2C)cn1. The van der Waals surface area contributed by atoms with Crippen molar-refractivity contribution in [2.24, 2.45) is 5.73 Å². The Balaban J connectivity index is 2.02. The van der Waals surface area contributed by atoms with Gasteiger partial charge in [0.15, 0.2) is 0 Å². The average molecular weight is 269 g/mol. The Bertz CT molecular complexity index is 635. The number of benzene rings is 1. The van der Waals surface area contributed by atoms with E-state index in [9.17, 15) is 0 Å². The van der Waals surface area contributed by atoms with Crippen LogP contribution in [0.1, 0.15) is 23.6 Å². The van der Waals surface area contributed by atoms with E-state index in [1.807, 2.05) is 42.2 Å². The molecule has 2 N–H and O–H groups in total. The number of aromatic nitrogens is 2. The van der Waals surface area contributed by atoms with Crippen LogP contribution in [0.15, 0.2) is 30.6 Å². The molecule has 1 aromatic heterocycles. The maximum atomic E-state index is 5.81. The molecular weight excluding hydrogens is 250 g/mol. The maximum Gasteiger partial charge on any atom is 0.122 e. The Labute approximate surface area is 119 Å². The van der Waals surface area contributed by atoms with Crippen LogP contribution in [-0.2, 0) is 13.2 Å². The van der Waals surface area contributed by atoms with Gasteiger partial charge in [-0.3, -0.25) is 4.68 Å². The van der Waals surface area contributed by atoms with Crippen LogP contribution in [0.3, 0.4) is 0 Å². The molecule has 4 heteroatoms. The van der Waals surface area contributed by atoms with Crippen molar-refractivity contribution in [3.8, 4) is 17.6 Å². The number of hydrogen-bond donors (Lipinski definition) is 1. The molecule has 4 nitrogen and oxygen atoms in total. The number of hydrogen-bond acceptors (Lipinski definition) is 3. The maximum absolute atomic E-state index is 5.81. The summed E-state index contributed by atoms with van der Waals surface area (Å²) in [4.78, 5) is 0. The molecule has 0 spiro atoms. The number of ether oxygens (including phenoxy) is 1. The lowest BCUT2D eigenvalue weighted by molar-refractivity contribution is 0.304. The van der Waals surface area contributed by atoms with Crippen molar-refractivity contribution in [1.29, 1.82) is 0 Å². The van der Waals surface area contributed by atoms with Crippen LogP contribution >= 0.6 is 0 Å². The minimum absolute atomic E-state index is 0.374. The molecule has 0 saturated heterocycles. The van der Waals surface area contributed by atoms with E-state index in [0.29, 0.717) is 13.2 Å². The molecule has 0 saturated carbocycles.